The molecule has 2 amide bonds. The molecule has 2 unspecified atom stereocenters. The number of fused-ring (bicyclic) bond motifs is 1. The third kappa shape index (κ3) is 5.32. The minimum absolute atomic E-state index is 0.0543. The quantitative estimate of drug-likeness (QED) is 0.400. The first-order valence-electron chi connectivity index (χ1n) is 12.9. The molecule has 1 saturated heterocycles. The van der Waals surface area contributed by atoms with E-state index in [0.29, 0.717) is 36.2 Å². The van der Waals surface area contributed by atoms with Crippen molar-refractivity contribution in [1.82, 2.24) is 19.5 Å². The van der Waals surface area contributed by atoms with Crippen molar-refractivity contribution in [3.05, 3.63) is 78.1 Å². The maximum Gasteiger partial charge on any atom is 0.404 e. The third-order valence-electron chi connectivity index (χ3n) is 7.22. The summed E-state index contributed by atoms with van der Waals surface area (Å²) < 4.78 is 6.98. The summed E-state index contributed by atoms with van der Waals surface area (Å²) in [7, 11) is 0. The zero-order chi connectivity index (χ0) is 27.7. The molecule has 9 heteroatoms. The Morgan fingerprint density at radius 1 is 1.05 bits per heavy atom. The van der Waals surface area contributed by atoms with Crippen LogP contribution in [0.15, 0.2) is 67.0 Å². The number of hydrogen-bond donors (Lipinski definition) is 1. The molecule has 1 aliphatic rings. The Bertz CT molecular complexity index is 1560. The fraction of sp³-hybridized carbons (Fsp3) is 0.300. The Morgan fingerprint density at radius 3 is 2.38 bits per heavy atom. The first kappa shape index (κ1) is 25.9. The number of aromatic nitrogens is 3. The van der Waals surface area contributed by atoms with Gasteiger partial charge in [-0.3, -0.25) is 4.79 Å². The summed E-state index contributed by atoms with van der Waals surface area (Å²) in [4.78, 5) is 31.6. The first-order chi connectivity index (χ1) is 18.6. The molecule has 39 heavy (non-hydrogen) atoms. The van der Waals surface area contributed by atoms with Gasteiger partial charge in [-0.1, -0.05) is 45.0 Å². The number of likely N-dealkylation sites (tertiary alicyclic amines) is 1. The minimum Gasteiger partial charge on any atom is -0.446 e. The average Bonchev–Trinajstić information content (AvgIpc) is 3.35. The molecule has 1 aliphatic heterocycles. The van der Waals surface area contributed by atoms with Crippen molar-refractivity contribution in [3.8, 4) is 28.5 Å². The molecule has 0 spiro atoms. The smallest absolute Gasteiger partial charge is 0.404 e. The predicted molar refractivity (Wildman–Crippen MR) is 147 cm³/mol. The second kappa shape index (κ2) is 10.2. The van der Waals surface area contributed by atoms with Gasteiger partial charge < -0.3 is 15.4 Å². The second-order valence-electron chi connectivity index (χ2n) is 10.9. The molecule has 3 heterocycles. The van der Waals surface area contributed by atoms with E-state index in [-0.39, 0.29) is 23.5 Å². The highest BCUT2D eigenvalue weighted by atomic mass is 16.6. The Morgan fingerprint density at radius 2 is 1.74 bits per heavy atom. The van der Waals surface area contributed by atoms with Gasteiger partial charge in [0.2, 0.25) is 0 Å². The number of benzene rings is 2. The molecule has 2 aromatic heterocycles. The van der Waals surface area contributed by atoms with Crippen LogP contribution in [0.3, 0.4) is 0 Å². The van der Waals surface area contributed by atoms with Gasteiger partial charge in [-0.2, -0.15) is 10.4 Å². The summed E-state index contributed by atoms with van der Waals surface area (Å²) in [6.07, 6.45) is 3.64. The topological polar surface area (TPSA) is 127 Å². The van der Waals surface area contributed by atoms with E-state index in [4.69, 9.17) is 20.7 Å². The van der Waals surface area contributed by atoms with Crippen LogP contribution in [-0.4, -0.2) is 50.2 Å². The highest BCUT2D eigenvalue weighted by molar-refractivity contribution is 5.95. The number of rotatable bonds is 4. The molecule has 2 atom stereocenters. The molecule has 2 N–H and O–H groups in total. The molecule has 0 radical (unpaired) electrons. The van der Waals surface area contributed by atoms with E-state index < -0.39 is 6.09 Å². The van der Waals surface area contributed by atoms with E-state index in [1.807, 2.05) is 53.6 Å². The van der Waals surface area contributed by atoms with Crippen molar-refractivity contribution in [3.63, 3.8) is 0 Å². The van der Waals surface area contributed by atoms with E-state index in [1.165, 1.54) is 0 Å². The van der Waals surface area contributed by atoms with Gasteiger partial charge in [0.25, 0.3) is 5.91 Å². The van der Waals surface area contributed by atoms with Crippen molar-refractivity contribution in [2.24, 2.45) is 11.1 Å². The fourth-order valence-electron chi connectivity index (χ4n) is 5.18. The molecule has 2 aromatic carbocycles. The standard InChI is InChI=1S/C30H30N6O3/c1-30(2,3)26-16-23(39-29(32)38)12-14-35(26)28(37)22-10-8-21(9-11-22)25-13-15-36-27(34-25)24(18-33-36)20-6-4-19(17-31)5-7-20/h4-11,13,15,18,23,26H,12,14,16H2,1-3H3,(H2,32,38). The number of carbonyl (C=O) groups is 2. The summed E-state index contributed by atoms with van der Waals surface area (Å²) in [6.45, 7) is 6.73. The molecule has 198 valence electrons. The van der Waals surface area contributed by atoms with Crippen LogP contribution < -0.4 is 5.73 Å². The summed E-state index contributed by atoms with van der Waals surface area (Å²) in [5.41, 5.74) is 10.3. The van der Waals surface area contributed by atoms with Crippen LogP contribution in [0, 0.1) is 16.7 Å². The molecule has 9 nitrogen and oxygen atoms in total. The van der Waals surface area contributed by atoms with Crippen LogP contribution in [0.4, 0.5) is 4.79 Å². The van der Waals surface area contributed by atoms with Crippen molar-refractivity contribution >= 4 is 17.6 Å². The lowest BCUT2D eigenvalue weighted by atomic mass is 9.79. The van der Waals surface area contributed by atoms with Crippen molar-refractivity contribution in [1.29, 1.82) is 5.26 Å². The molecule has 0 bridgehead atoms. The van der Waals surface area contributed by atoms with Crippen LogP contribution >= 0.6 is 0 Å². The molecular formula is C30H30N6O3. The number of amides is 2. The Labute approximate surface area is 226 Å². The monoisotopic (exact) mass is 522 g/mol. The number of nitrogens with two attached hydrogens (primary N) is 1. The molecule has 0 aliphatic carbocycles. The lowest BCUT2D eigenvalue weighted by molar-refractivity contribution is -0.00435. The number of primary amides is 1. The van der Waals surface area contributed by atoms with Gasteiger partial charge >= 0.3 is 6.09 Å². The zero-order valence-corrected chi connectivity index (χ0v) is 22.2. The summed E-state index contributed by atoms with van der Waals surface area (Å²) in [5, 5.41) is 13.5. The maximum absolute atomic E-state index is 13.6. The molecule has 5 rings (SSSR count). The van der Waals surface area contributed by atoms with Crippen LogP contribution in [0.1, 0.15) is 49.5 Å². The number of piperidine rings is 1. The van der Waals surface area contributed by atoms with Gasteiger partial charge in [0.05, 0.1) is 23.5 Å². The van der Waals surface area contributed by atoms with E-state index in [9.17, 15) is 9.59 Å². The van der Waals surface area contributed by atoms with Gasteiger partial charge in [0.1, 0.15) is 6.10 Å². The average molecular weight is 523 g/mol. The number of carbonyl (C=O) groups excluding carboxylic acids is 2. The van der Waals surface area contributed by atoms with Crippen LogP contribution in [-0.2, 0) is 4.74 Å². The molecule has 1 fully saturated rings. The lowest BCUT2D eigenvalue weighted by Crippen LogP contribution is -2.54. The molecular weight excluding hydrogens is 492 g/mol. The summed E-state index contributed by atoms with van der Waals surface area (Å²) in [5.74, 6) is -0.0543. The first-order valence-corrected chi connectivity index (χ1v) is 12.9. The number of ether oxygens (including phenoxy) is 1. The summed E-state index contributed by atoms with van der Waals surface area (Å²) >= 11 is 0. The van der Waals surface area contributed by atoms with Gasteiger partial charge in [0.15, 0.2) is 5.65 Å². The maximum atomic E-state index is 13.6. The number of nitriles is 1. The lowest BCUT2D eigenvalue weighted by Gasteiger charge is -2.45. The van der Waals surface area contributed by atoms with Crippen LogP contribution in [0.5, 0.6) is 0 Å². The van der Waals surface area contributed by atoms with E-state index in [0.717, 1.165) is 22.4 Å². The van der Waals surface area contributed by atoms with E-state index >= 15 is 0 Å². The van der Waals surface area contributed by atoms with Gasteiger partial charge in [-0.05, 0) is 41.3 Å². The Hall–Kier alpha value is -4.71. The highest BCUT2D eigenvalue weighted by Gasteiger charge is 2.40. The van der Waals surface area contributed by atoms with Gasteiger partial charge in [-0.25, -0.2) is 14.3 Å². The van der Waals surface area contributed by atoms with Crippen molar-refractivity contribution in [2.45, 2.75) is 45.8 Å². The van der Waals surface area contributed by atoms with Crippen molar-refractivity contribution < 1.29 is 14.3 Å². The number of nitrogens with zero attached hydrogens (tertiary/aromatic N) is 5. The van der Waals surface area contributed by atoms with Gasteiger partial charge in [-0.15, -0.1) is 0 Å². The Balaban J connectivity index is 1.39. The minimum atomic E-state index is -0.783. The SMILES string of the molecule is CC(C)(C)C1CC(OC(N)=O)CCN1C(=O)c1ccc(-c2ccn3ncc(-c4ccc(C#N)cc4)c3n2)cc1. The van der Waals surface area contributed by atoms with Crippen molar-refractivity contribution in [2.75, 3.05) is 6.54 Å². The van der Waals surface area contributed by atoms with Crippen LogP contribution in [0.25, 0.3) is 28.0 Å². The normalized spacial score (nSPS) is 17.5. The third-order valence-corrected chi connectivity index (χ3v) is 7.22. The van der Waals surface area contributed by atoms with Crippen LogP contribution in [0.2, 0.25) is 0 Å². The number of hydrogen-bond acceptors (Lipinski definition) is 6. The van der Waals surface area contributed by atoms with Gasteiger partial charge in [0, 0.05) is 48.3 Å². The Kier molecular flexibility index (Phi) is 6.79. The largest absolute Gasteiger partial charge is 0.446 e. The second-order valence-corrected chi connectivity index (χ2v) is 10.9. The van der Waals surface area contributed by atoms with E-state index in [1.54, 1.807) is 22.8 Å². The fourth-order valence-corrected chi connectivity index (χ4v) is 5.18. The molecule has 4 aromatic rings. The summed E-state index contributed by atoms with van der Waals surface area (Å²) in [6, 6.07) is 18.7. The van der Waals surface area contributed by atoms with E-state index in [2.05, 4.69) is 31.9 Å². The molecule has 0 saturated carbocycles. The highest BCUT2D eigenvalue weighted by Crippen LogP contribution is 2.34. The predicted octanol–water partition coefficient (Wildman–Crippen LogP) is 5.05. The zero-order valence-electron chi connectivity index (χ0n) is 22.2.